The predicted molar refractivity (Wildman–Crippen MR) is 98.9 cm³/mol. The highest BCUT2D eigenvalue weighted by Gasteiger charge is 2.33. The number of fused-ring (bicyclic) bond motifs is 1. The number of aromatic nitrogens is 1. The van der Waals surface area contributed by atoms with Crippen LogP contribution in [0.4, 0.5) is 8.78 Å². The number of nitrogens with one attached hydrogen (secondary N) is 1. The maximum absolute atomic E-state index is 14.5. The molecule has 0 bridgehead atoms. The first kappa shape index (κ1) is 17.9. The van der Waals surface area contributed by atoms with E-state index in [-0.39, 0.29) is 22.2 Å². The summed E-state index contributed by atoms with van der Waals surface area (Å²) in [4.78, 5) is -0.161. The lowest BCUT2D eigenvalue weighted by atomic mass is 10.1. The van der Waals surface area contributed by atoms with Gasteiger partial charge in [0.15, 0.2) is 0 Å². The Balaban J connectivity index is 2.01. The molecule has 0 saturated carbocycles. The van der Waals surface area contributed by atoms with Gasteiger partial charge in [-0.3, -0.25) is 0 Å². The molecule has 3 aromatic rings. The van der Waals surface area contributed by atoms with Gasteiger partial charge in [0, 0.05) is 17.3 Å². The first-order valence-electron chi connectivity index (χ1n) is 8.61. The van der Waals surface area contributed by atoms with Gasteiger partial charge in [-0.25, -0.2) is 21.2 Å². The lowest BCUT2D eigenvalue weighted by molar-refractivity contribution is 0.578. The molecule has 1 heterocycles. The molecule has 1 aliphatic rings. The SMILES string of the molecule is CN[C@H]1CCc2c1cc(-c1ccccc1F)n2S(=O)(=O)c1cccc(F)c1. The van der Waals surface area contributed by atoms with Crippen molar-refractivity contribution in [3.63, 3.8) is 0 Å². The summed E-state index contributed by atoms with van der Waals surface area (Å²) in [6.07, 6.45) is 1.28. The van der Waals surface area contributed by atoms with E-state index in [2.05, 4.69) is 5.32 Å². The number of hydrogen-bond acceptors (Lipinski definition) is 3. The maximum atomic E-state index is 14.5. The van der Waals surface area contributed by atoms with Gasteiger partial charge in [-0.15, -0.1) is 0 Å². The quantitative estimate of drug-likeness (QED) is 0.738. The lowest BCUT2D eigenvalue weighted by Gasteiger charge is -2.14. The van der Waals surface area contributed by atoms with Crippen LogP contribution in [0, 0.1) is 11.6 Å². The van der Waals surface area contributed by atoms with Crippen molar-refractivity contribution in [2.45, 2.75) is 23.8 Å². The van der Waals surface area contributed by atoms with E-state index in [1.165, 1.54) is 28.2 Å². The highest BCUT2D eigenvalue weighted by atomic mass is 32.2. The summed E-state index contributed by atoms with van der Waals surface area (Å²) in [7, 11) is -2.28. The molecule has 140 valence electrons. The van der Waals surface area contributed by atoms with E-state index in [0.717, 1.165) is 18.1 Å². The molecule has 0 radical (unpaired) electrons. The van der Waals surface area contributed by atoms with Crippen molar-refractivity contribution >= 4 is 10.0 Å². The predicted octanol–water partition coefficient (Wildman–Crippen LogP) is 3.88. The molecule has 1 N–H and O–H groups in total. The van der Waals surface area contributed by atoms with Crippen LogP contribution in [0.5, 0.6) is 0 Å². The normalized spacial score (nSPS) is 16.5. The van der Waals surface area contributed by atoms with E-state index in [1.54, 1.807) is 31.3 Å². The molecule has 0 fully saturated rings. The van der Waals surface area contributed by atoms with E-state index in [0.29, 0.717) is 12.1 Å². The van der Waals surface area contributed by atoms with Crippen LogP contribution in [-0.4, -0.2) is 19.4 Å². The molecule has 0 unspecified atom stereocenters. The van der Waals surface area contributed by atoms with E-state index >= 15 is 0 Å². The molecule has 27 heavy (non-hydrogen) atoms. The minimum atomic E-state index is -4.09. The van der Waals surface area contributed by atoms with Crippen LogP contribution >= 0.6 is 0 Å². The van der Waals surface area contributed by atoms with Crippen LogP contribution in [0.2, 0.25) is 0 Å². The molecule has 0 spiro atoms. The zero-order valence-electron chi connectivity index (χ0n) is 14.6. The van der Waals surface area contributed by atoms with E-state index in [1.807, 2.05) is 0 Å². The van der Waals surface area contributed by atoms with E-state index in [9.17, 15) is 17.2 Å². The van der Waals surface area contributed by atoms with Crippen molar-refractivity contribution in [2.75, 3.05) is 7.05 Å². The molecule has 7 heteroatoms. The van der Waals surface area contributed by atoms with Gasteiger partial charge in [-0.1, -0.05) is 18.2 Å². The standard InChI is InChI=1S/C20H18F2N2O2S/c1-23-18-9-10-19-16(18)12-20(15-7-2-3-8-17(15)22)24(19)27(25,26)14-6-4-5-13(21)11-14/h2-8,11-12,18,23H,9-10H2,1H3/t18-/m0/s1. The molecule has 4 rings (SSSR count). The topological polar surface area (TPSA) is 51.1 Å². The van der Waals surface area contributed by atoms with Crippen LogP contribution in [0.15, 0.2) is 59.5 Å². The lowest BCUT2D eigenvalue weighted by Crippen LogP contribution is -2.17. The fourth-order valence-corrected chi connectivity index (χ4v) is 5.32. The summed E-state index contributed by atoms with van der Waals surface area (Å²) in [6.45, 7) is 0. The van der Waals surface area contributed by atoms with Crippen LogP contribution < -0.4 is 5.32 Å². The van der Waals surface area contributed by atoms with Gasteiger partial charge in [-0.2, -0.15) is 0 Å². The largest absolute Gasteiger partial charge is 0.313 e. The summed E-state index contributed by atoms with van der Waals surface area (Å²) in [5.74, 6) is -1.15. The molecule has 1 aliphatic carbocycles. The summed E-state index contributed by atoms with van der Waals surface area (Å²) >= 11 is 0. The molecular weight excluding hydrogens is 370 g/mol. The van der Waals surface area contributed by atoms with Crippen molar-refractivity contribution in [3.8, 4) is 11.3 Å². The second-order valence-corrected chi connectivity index (χ2v) is 8.30. The maximum Gasteiger partial charge on any atom is 0.268 e. The van der Waals surface area contributed by atoms with Crippen molar-refractivity contribution in [1.82, 2.24) is 9.29 Å². The third-order valence-corrected chi connectivity index (χ3v) is 6.71. The first-order chi connectivity index (χ1) is 12.9. The van der Waals surface area contributed by atoms with Crippen molar-refractivity contribution in [2.24, 2.45) is 0 Å². The summed E-state index contributed by atoms with van der Waals surface area (Å²) in [5, 5.41) is 3.17. The molecule has 1 aromatic heterocycles. The molecule has 2 aromatic carbocycles. The minimum absolute atomic E-state index is 0.00511. The van der Waals surface area contributed by atoms with Crippen LogP contribution in [0.25, 0.3) is 11.3 Å². The first-order valence-corrected chi connectivity index (χ1v) is 10.1. The van der Waals surface area contributed by atoms with Crippen LogP contribution in [0.1, 0.15) is 23.7 Å². The highest BCUT2D eigenvalue weighted by Crippen LogP contribution is 2.40. The monoisotopic (exact) mass is 388 g/mol. The van der Waals surface area contributed by atoms with Crippen molar-refractivity contribution in [3.05, 3.63) is 77.5 Å². The van der Waals surface area contributed by atoms with Crippen molar-refractivity contribution in [1.29, 1.82) is 0 Å². The second kappa shape index (κ2) is 6.58. The minimum Gasteiger partial charge on any atom is -0.313 e. The Labute approximate surface area is 156 Å². The van der Waals surface area contributed by atoms with Gasteiger partial charge < -0.3 is 5.32 Å². The Hall–Kier alpha value is -2.51. The Morgan fingerprint density at radius 3 is 2.56 bits per heavy atom. The average Bonchev–Trinajstić information content (AvgIpc) is 3.20. The second-order valence-electron chi connectivity index (χ2n) is 6.52. The van der Waals surface area contributed by atoms with Crippen molar-refractivity contribution < 1.29 is 17.2 Å². The van der Waals surface area contributed by atoms with Gasteiger partial charge >= 0.3 is 0 Å². The zero-order valence-corrected chi connectivity index (χ0v) is 15.4. The Morgan fingerprint density at radius 1 is 1.07 bits per heavy atom. The smallest absolute Gasteiger partial charge is 0.268 e. The molecule has 1 atom stereocenters. The number of nitrogens with zero attached hydrogens (tertiary/aromatic N) is 1. The molecular formula is C20H18F2N2O2S. The molecule has 0 aliphatic heterocycles. The van der Waals surface area contributed by atoms with Crippen LogP contribution in [0.3, 0.4) is 0 Å². The van der Waals surface area contributed by atoms with Gasteiger partial charge in [0.25, 0.3) is 10.0 Å². The molecule has 4 nitrogen and oxygen atoms in total. The molecule has 0 amide bonds. The summed E-state index contributed by atoms with van der Waals surface area (Å²) in [5.41, 5.74) is 1.89. The van der Waals surface area contributed by atoms with Crippen LogP contribution in [-0.2, 0) is 16.4 Å². The third kappa shape index (κ3) is 2.87. The Bertz CT molecular complexity index is 1120. The molecule has 0 saturated heterocycles. The van der Waals surface area contributed by atoms with Gasteiger partial charge in [0.1, 0.15) is 11.6 Å². The van der Waals surface area contributed by atoms with E-state index < -0.39 is 21.7 Å². The summed E-state index contributed by atoms with van der Waals surface area (Å²) < 4.78 is 56.0. The Morgan fingerprint density at radius 2 is 1.85 bits per heavy atom. The number of halogens is 2. The summed E-state index contributed by atoms with van der Waals surface area (Å²) in [6, 6.07) is 12.6. The Kier molecular flexibility index (Phi) is 4.36. The fourth-order valence-electron chi connectivity index (χ4n) is 3.70. The average molecular weight is 388 g/mol. The number of hydrogen-bond donors (Lipinski definition) is 1. The van der Waals surface area contributed by atoms with Gasteiger partial charge in [0.05, 0.1) is 10.6 Å². The zero-order chi connectivity index (χ0) is 19.2. The van der Waals surface area contributed by atoms with Gasteiger partial charge in [0.2, 0.25) is 0 Å². The fraction of sp³-hybridized carbons (Fsp3) is 0.200. The number of rotatable bonds is 4. The number of benzene rings is 2. The highest BCUT2D eigenvalue weighted by molar-refractivity contribution is 7.90. The van der Waals surface area contributed by atoms with E-state index in [4.69, 9.17) is 0 Å². The van der Waals surface area contributed by atoms with Gasteiger partial charge in [-0.05, 0) is 61.9 Å². The third-order valence-electron chi connectivity index (χ3n) is 4.97.